The summed E-state index contributed by atoms with van der Waals surface area (Å²) in [6.07, 6.45) is 0.773. The van der Waals surface area contributed by atoms with Crippen LogP contribution in [-0.2, 0) is 10.3 Å². The number of nitrogens with two attached hydrogens (primary N) is 1. The van der Waals surface area contributed by atoms with Crippen LogP contribution in [0.2, 0.25) is 0 Å². The lowest BCUT2D eigenvalue weighted by atomic mass is 9.92. The number of benzene rings is 1. The summed E-state index contributed by atoms with van der Waals surface area (Å²) in [5, 5.41) is 5.93. The summed E-state index contributed by atoms with van der Waals surface area (Å²) in [4.78, 5) is 17.1. The number of carbonyl (C=O) groups is 1. The summed E-state index contributed by atoms with van der Waals surface area (Å²) in [5.74, 6) is -0.200. The van der Waals surface area contributed by atoms with E-state index in [1.165, 1.54) is 0 Å². The van der Waals surface area contributed by atoms with Crippen molar-refractivity contribution >= 4 is 33.2 Å². The van der Waals surface area contributed by atoms with Gasteiger partial charge in [0, 0.05) is 15.5 Å². The lowest BCUT2D eigenvalue weighted by Crippen LogP contribution is -2.49. The van der Waals surface area contributed by atoms with E-state index in [0.717, 1.165) is 27.2 Å². The molecule has 0 radical (unpaired) electrons. The molecule has 0 saturated heterocycles. The monoisotopic (exact) mass is 381 g/mol. The maximum Gasteiger partial charge on any atom is 0.244 e. The van der Waals surface area contributed by atoms with Gasteiger partial charge in [0.05, 0.1) is 6.04 Å². The van der Waals surface area contributed by atoms with Gasteiger partial charge >= 0.3 is 0 Å². The molecule has 0 aliphatic heterocycles. The second-order valence-corrected chi connectivity index (χ2v) is 7.28. The molecule has 2 aromatic rings. The Labute approximate surface area is 143 Å². The smallest absolute Gasteiger partial charge is 0.244 e. The predicted molar refractivity (Wildman–Crippen MR) is 93.7 cm³/mol. The van der Waals surface area contributed by atoms with E-state index < -0.39 is 5.54 Å². The molecule has 6 heteroatoms. The van der Waals surface area contributed by atoms with Gasteiger partial charge in [-0.2, -0.15) is 0 Å². The van der Waals surface area contributed by atoms with Crippen LogP contribution in [0.15, 0.2) is 34.1 Å². The van der Waals surface area contributed by atoms with Crippen LogP contribution in [0.3, 0.4) is 0 Å². The number of nitrogens with zero attached hydrogens (tertiary/aromatic N) is 1. The summed E-state index contributed by atoms with van der Waals surface area (Å²) in [5.41, 5.74) is 6.94. The highest BCUT2D eigenvalue weighted by Crippen LogP contribution is 2.25. The highest BCUT2D eigenvalue weighted by atomic mass is 79.9. The molecule has 2 rings (SSSR count). The lowest BCUT2D eigenvalue weighted by molar-refractivity contribution is -0.126. The lowest BCUT2D eigenvalue weighted by Gasteiger charge is -2.26. The van der Waals surface area contributed by atoms with E-state index in [0.29, 0.717) is 0 Å². The Kier molecular flexibility index (Phi) is 5.36. The summed E-state index contributed by atoms with van der Waals surface area (Å²) < 4.78 is 0.956. The maximum atomic E-state index is 12.6. The minimum atomic E-state index is -1.08. The van der Waals surface area contributed by atoms with Crippen molar-refractivity contribution in [2.75, 3.05) is 0 Å². The molecule has 3 N–H and O–H groups in total. The van der Waals surface area contributed by atoms with Gasteiger partial charge in [-0.25, -0.2) is 4.98 Å². The van der Waals surface area contributed by atoms with Crippen molar-refractivity contribution < 1.29 is 4.79 Å². The number of carbonyl (C=O) groups excluding carboxylic acids is 1. The van der Waals surface area contributed by atoms with Gasteiger partial charge < -0.3 is 11.1 Å². The molecule has 4 nitrogen and oxygen atoms in total. The number of aryl methyl sites for hydroxylation is 1. The Morgan fingerprint density at radius 2 is 2.09 bits per heavy atom. The highest BCUT2D eigenvalue weighted by molar-refractivity contribution is 9.10. The third-order valence-electron chi connectivity index (χ3n) is 3.56. The van der Waals surface area contributed by atoms with Crippen LogP contribution in [0.5, 0.6) is 0 Å². The Bertz CT molecular complexity index is 652. The van der Waals surface area contributed by atoms with Crippen LogP contribution in [0, 0.1) is 6.92 Å². The largest absolute Gasteiger partial charge is 0.345 e. The summed E-state index contributed by atoms with van der Waals surface area (Å²) in [6.45, 7) is 5.70. The molecule has 2 atom stereocenters. The van der Waals surface area contributed by atoms with Gasteiger partial charge in [0.25, 0.3) is 0 Å². The van der Waals surface area contributed by atoms with Crippen molar-refractivity contribution in [1.29, 1.82) is 0 Å². The van der Waals surface area contributed by atoms with E-state index in [-0.39, 0.29) is 11.9 Å². The first kappa shape index (κ1) is 17.1. The Morgan fingerprint density at radius 3 is 2.59 bits per heavy atom. The topological polar surface area (TPSA) is 68.0 Å². The number of aromatic nitrogens is 1. The molecule has 0 aliphatic carbocycles. The number of halogens is 1. The predicted octanol–water partition coefficient (Wildman–Crippen LogP) is 3.66. The van der Waals surface area contributed by atoms with Gasteiger partial charge in [-0.1, -0.05) is 35.0 Å². The highest BCUT2D eigenvalue weighted by Gasteiger charge is 2.32. The quantitative estimate of drug-likeness (QED) is 0.830. The van der Waals surface area contributed by atoms with Gasteiger partial charge in [-0.05, 0) is 38.0 Å². The molecule has 2 unspecified atom stereocenters. The SMILES string of the molecule is CCC(NC(=O)C(C)(N)c1ccc(Br)cc1)c1nc(C)cs1. The minimum absolute atomic E-state index is 0.107. The first-order valence-corrected chi connectivity index (χ1v) is 8.79. The molecule has 0 bridgehead atoms. The molecule has 1 amide bonds. The van der Waals surface area contributed by atoms with Gasteiger partial charge in [-0.15, -0.1) is 11.3 Å². The molecule has 0 fully saturated rings. The number of nitrogens with one attached hydrogen (secondary N) is 1. The third-order valence-corrected chi connectivity index (χ3v) is 5.17. The standard InChI is InChI=1S/C16H20BrN3OS/c1-4-13(14-19-10(2)9-22-14)20-15(21)16(3,18)11-5-7-12(17)8-6-11/h5-9,13H,4,18H2,1-3H3,(H,20,21). The van der Waals surface area contributed by atoms with Crippen molar-refractivity contribution in [2.45, 2.75) is 38.8 Å². The number of rotatable bonds is 5. The fourth-order valence-electron chi connectivity index (χ4n) is 2.11. The molecule has 22 heavy (non-hydrogen) atoms. The molecule has 0 saturated carbocycles. The third kappa shape index (κ3) is 3.74. The number of hydrogen-bond acceptors (Lipinski definition) is 4. The van der Waals surface area contributed by atoms with Crippen molar-refractivity contribution in [3.63, 3.8) is 0 Å². The molecule has 118 valence electrons. The van der Waals surface area contributed by atoms with Gasteiger partial charge in [0.15, 0.2) is 0 Å². The van der Waals surface area contributed by atoms with Crippen molar-refractivity contribution in [1.82, 2.24) is 10.3 Å². The van der Waals surface area contributed by atoms with Gasteiger partial charge in [-0.3, -0.25) is 4.79 Å². The van der Waals surface area contributed by atoms with E-state index in [4.69, 9.17) is 5.73 Å². The van der Waals surface area contributed by atoms with Gasteiger partial charge in [0.1, 0.15) is 10.5 Å². The normalized spacial score (nSPS) is 15.1. The Balaban J connectivity index is 2.17. The Morgan fingerprint density at radius 1 is 1.45 bits per heavy atom. The molecule has 0 spiro atoms. The molecule has 1 aromatic carbocycles. The second kappa shape index (κ2) is 6.89. The molecular weight excluding hydrogens is 362 g/mol. The zero-order valence-electron chi connectivity index (χ0n) is 12.9. The van der Waals surface area contributed by atoms with Crippen LogP contribution < -0.4 is 11.1 Å². The summed E-state index contributed by atoms with van der Waals surface area (Å²) in [6, 6.07) is 7.38. The van der Waals surface area contributed by atoms with Gasteiger partial charge in [0.2, 0.25) is 5.91 Å². The second-order valence-electron chi connectivity index (χ2n) is 5.47. The first-order valence-electron chi connectivity index (χ1n) is 7.12. The van der Waals surface area contributed by atoms with Crippen LogP contribution >= 0.6 is 27.3 Å². The Hall–Kier alpha value is -1.24. The van der Waals surface area contributed by atoms with Crippen LogP contribution in [-0.4, -0.2) is 10.9 Å². The van der Waals surface area contributed by atoms with Crippen LogP contribution in [0.25, 0.3) is 0 Å². The molecule has 1 aromatic heterocycles. The van der Waals surface area contributed by atoms with Crippen LogP contribution in [0.4, 0.5) is 0 Å². The maximum absolute atomic E-state index is 12.6. The number of thiazole rings is 1. The zero-order valence-corrected chi connectivity index (χ0v) is 15.3. The molecular formula is C16H20BrN3OS. The van der Waals surface area contributed by atoms with E-state index in [2.05, 4.69) is 26.2 Å². The first-order chi connectivity index (χ1) is 10.3. The van der Waals surface area contributed by atoms with E-state index in [1.807, 2.05) is 43.5 Å². The number of hydrogen-bond donors (Lipinski definition) is 2. The zero-order chi connectivity index (χ0) is 16.3. The summed E-state index contributed by atoms with van der Waals surface area (Å²) >= 11 is 4.95. The fraction of sp³-hybridized carbons (Fsp3) is 0.375. The molecule has 1 heterocycles. The van der Waals surface area contributed by atoms with Crippen molar-refractivity contribution in [3.8, 4) is 0 Å². The van der Waals surface area contributed by atoms with Crippen molar-refractivity contribution in [2.24, 2.45) is 5.73 Å². The molecule has 0 aliphatic rings. The van der Waals surface area contributed by atoms with E-state index >= 15 is 0 Å². The van der Waals surface area contributed by atoms with Crippen LogP contribution in [0.1, 0.15) is 42.6 Å². The fourth-order valence-corrected chi connectivity index (χ4v) is 3.30. The van der Waals surface area contributed by atoms with E-state index in [9.17, 15) is 4.79 Å². The van der Waals surface area contributed by atoms with Crippen molar-refractivity contribution in [3.05, 3.63) is 50.4 Å². The minimum Gasteiger partial charge on any atom is -0.345 e. The van der Waals surface area contributed by atoms with E-state index in [1.54, 1.807) is 18.3 Å². The number of amides is 1. The summed E-state index contributed by atoms with van der Waals surface area (Å²) in [7, 11) is 0. The average molecular weight is 382 g/mol. The average Bonchev–Trinajstić information content (AvgIpc) is 2.91.